The molecule has 1 aromatic heterocycles. The molecule has 0 saturated heterocycles. The molecule has 0 spiro atoms. The minimum Gasteiger partial charge on any atom is -0.361 e. The molecule has 0 fully saturated rings. The van der Waals surface area contributed by atoms with E-state index in [1.54, 1.807) is 0 Å². The summed E-state index contributed by atoms with van der Waals surface area (Å²) in [5, 5.41) is 4.91. The molecule has 0 unspecified atom stereocenters. The second-order valence-electron chi connectivity index (χ2n) is 6.17. The van der Waals surface area contributed by atoms with Gasteiger partial charge in [0.25, 0.3) is 0 Å². The van der Waals surface area contributed by atoms with Crippen molar-refractivity contribution in [3.05, 3.63) is 35.0 Å². The molecular weight excluding hydrogens is 220 g/mol. The fourth-order valence-electron chi connectivity index (χ4n) is 2.29. The number of aryl methyl sites for hydroxylation is 2. The molecule has 2 heteroatoms. The molecule has 0 amide bonds. The molecule has 1 aromatic carbocycles. The second kappa shape index (κ2) is 4.77. The van der Waals surface area contributed by atoms with Crippen LogP contribution in [0.2, 0.25) is 0 Å². The summed E-state index contributed by atoms with van der Waals surface area (Å²) in [7, 11) is 0. The van der Waals surface area contributed by atoms with Crippen LogP contribution < -0.4 is 5.32 Å². The summed E-state index contributed by atoms with van der Waals surface area (Å²) < 4.78 is 0. The van der Waals surface area contributed by atoms with E-state index in [1.807, 2.05) is 0 Å². The molecule has 2 N–H and O–H groups in total. The van der Waals surface area contributed by atoms with Gasteiger partial charge < -0.3 is 10.3 Å². The topological polar surface area (TPSA) is 27.8 Å². The van der Waals surface area contributed by atoms with Gasteiger partial charge in [0, 0.05) is 22.6 Å². The summed E-state index contributed by atoms with van der Waals surface area (Å²) in [6, 6.07) is 4.45. The smallest absolute Gasteiger partial charge is 0.0489 e. The van der Waals surface area contributed by atoms with Gasteiger partial charge in [0.15, 0.2) is 0 Å². The Morgan fingerprint density at radius 3 is 2.56 bits per heavy atom. The Hall–Kier alpha value is -1.28. The maximum atomic E-state index is 3.54. The number of aromatic nitrogens is 1. The van der Waals surface area contributed by atoms with Gasteiger partial charge in [0.05, 0.1) is 0 Å². The number of rotatable bonds is 3. The second-order valence-corrected chi connectivity index (χ2v) is 6.17. The number of H-pyrrole nitrogens is 1. The Labute approximate surface area is 110 Å². The highest BCUT2D eigenvalue weighted by molar-refractivity contribution is 5.86. The standard InChI is InChI=1S/C16H24N2/c1-11-6-7-14-13(8-9-18-16(3,4)5)10-17-15(14)12(11)2/h6-7,10,17-18H,8-9H2,1-5H3. The van der Waals surface area contributed by atoms with Crippen LogP contribution in [0.3, 0.4) is 0 Å². The molecule has 18 heavy (non-hydrogen) atoms. The zero-order chi connectivity index (χ0) is 13.3. The van der Waals surface area contributed by atoms with Crippen LogP contribution in [0.5, 0.6) is 0 Å². The van der Waals surface area contributed by atoms with Crippen LogP contribution >= 0.6 is 0 Å². The van der Waals surface area contributed by atoms with Crippen LogP contribution in [0.4, 0.5) is 0 Å². The van der Waals surface area contributed by atoms with E-state index in [1.165, 1.54) is 27.6 Å². The summed E-state index contributed by atoms with van der Waals surface area (Å²) in [4.78, 5) is 3.42. The third-order valence-electron chi connectivity index (χ3n) is 3.52. The van der Waals surface area contributed by atoms with Gasteiger partial charge in [-0.05, 0) is 64.3 Å². The Morgan fingerprint density at radius 2 is 1.89 bits per heavy atom. The van der Waals surface area contributed by atoms with Gasteiger partial charge in [0.2, 0.25) is 0 Å². The van der Waals surface area contributed by atoms with Crippen molar-refractivity contribution in [1.29, 1.82) is 0 Å². The van der Waals surface area contributed by atoms with Crippen molar-refractivity contribution in [2.75, 3.05) is 6.54 Å². The van der Waals surface area contributed by atoms with Crippen molar-refractivity contribution >= 4 is 10.9 Å². The molecular formula is C16H24N2. The van der Waals surface area contributed by atoms with Gasteiger partial charge >= 0.3 is 0 Å². The maximum Gasteiger partial charge on any atom is 0.0489 e. The third-order valence-corrected chi connectivity index (χ3v) is 3.52. The monoisotopic (exact) mass is 244 g/mol. The lowest BCUT2D eigenvalue weighted by Crippen LogP contribution is -2.37. The van der Waals surface area contributed by atoms with Crippen LogP contribution in [0.15, 0.2) is 18.3 Å². The average Bonchev–Trinajstić information content (AvgIpc) is 2.66. The summed E-state index contributed by atoms with van der Waals surface area (Å²) in [6.45, 7) is 12.0. The Morgan fingerprint density at radius 1 is 1.17 bits per heavy atom. The van der Waals surface area contributed by atoms with E-state index >= 15 is 0 Å². The lowest BCUT2D eigenvalue weighted by molar-refractivity contribution is 0.430. The summed E-state index contributed by atoms with van der Waals surface area (Å²) in [5.41, 5.74) is 5.61. The molecule has 2 nitrogen and oxygen atoms in total. The molecule has 1 heterocycles. The number of nitrogens with one attached hydrogen (secondary N) is 2. The summed E-state index contributed by atoms with van der Waals surface area (Å²) in [5.74, 6) is 0. The van der Waals surface area contributed by atoms with Crippen molar-refractivity contribution < 1.29 is 0 Å². The van der Waals surface area contributed by atoms with Gasteiger partial charge in [0.1, 0.15) is 0 Å². The van der Waals surface area contributed by atoms with Crippen LogP contribution in [-0.4, -0.2) is 17.1 Å². The van der Waals surface area contributed by atoms with Crippen LogP contribution in [-0.2, 0) is 6.42 Å². The molecule has 0 bridgehead atoms. The Balaban J connectivity index is 2.18. The van der Waals surface area contributed by atoms with E-state index in [4.69, 9.17) is 0 Å². The predicted octanol–water partition coefficient (Wildman–Crippen LogP) is 3.72. The highest BCUT2D eigenvalue weighted by atomic mass is 14.9. The minimum atomic E-state index is 0.193. The molecule has 0 aliphatic carbocycles. The van der Waals surface area contributed by atoms with E-state index in [-0.39, 0.29) is 5.54 Å². The molecule has 0 aliphatic heterocycles. The highest BCUT2D eigenvalue weighted by Crippen LogP contribution is 2.24. The minimum absolute atomic E-state index is 0.193. The lowest BCUT2D eigenvalue weighted by Gasteiger charge is -2.20. The fourth-order valence-corrected chi connectivity index (χ4v) is 2.29. The summed E-state index contributed by atoms with van der Waals surface area (Å²) >= 11 is 0. The molecule has 0 aliphatic rings. The number of aromatic amines is 1. The normalized spacial score (nSPS) is 12.3. The van der Waals surface area contributed by atoms with E-state index in [9.17, 15) is 0 Å². The van der Waals surface area contributed by atoms with Crippen LogP contribution in [0.25, 0.3) is 10.9 Å². The van der Waals surface area contributed by atoms with Crippen molar-refractivity contribution in [2.24, 2.45) is 0 Å². The first-order chi connectivity index (χ1) is 8.38. The van der Waals surface area contributed by atoms with Gasteiger partial charge in [-0.25, -0.2) is 0 Å². The maximum absolute atomic E-state index is 3.54. The van der Waals surface area contributed by atoms with E-state index in [2.05, 4.69) is 63.2 Å². The zero-order valence-corrected chi connectivity index (χ0v) is 12.1. The quantitative estimate of drug-likeness (QED) is 0.846. The molecule has 0 saturated carbocycles. The fraction of sp³-hybridized carbons (Fsp3) is 0.500. The van der Waals surface area contributed by atoms with Gasteiger partial charge in [-0.15, -0.1) is 0 Å². The first kappa shape index (κ1) is 13.2. The van der Waals surface area contributed by atoms with Crippen molar-refractivity contribution in [2.45, 2.75) is 46.6 Å². The predicted molar refractivity (Wildman–Crippen MR) is 79.2 cm³/mol. The van der Waals surface area contributed by atoms with E-state index in [0.717, 1.165) is 13.0 Å². The van der Waals surface area contributed by atoms with E-state index in [0.29, 0.717) is 0 Å². The van der Waals surface area contributed by atoms with E-state index < -0.39 is 0 Å². The van der Waals surface area contributed by atoms with Crippen molar-refractivity contribution in [1.82, 2.24) is 10.3 Å². The average molecular weight is 244 g/mol. The molecule has 2 aromatic rings. The molecule has 2 rings (SSSR count). The third kappa shape index (κ3) is 2.75. The zero-order valence-electron chi connectivity index (χ0n) is 12.1. The Kier molecular flexibility index (Phi) is 3.49. The SMILES string of the molecule is Cc1ccc2c(CCNC(C)(C)C)c[nH]c2c1C. The largest absolute Gasteiger partial charge is 0.361 e. The molecule has 0 atom stereocenters. The number of benzene rings is 1. The van der Waals surface area contributed by atoms with Gasteiger partial charge in [-0.1, -0.05) is 12.1 Å². The van der Waals surface area contributed by atoms with Crippen molar-refractivity contribution in [3.8, 4) is 0 Å². The molecule has 98 valence electrons. The lowest BCUT2D eigenvalue weighted by atomic mass is 10.0. The number of hydrogen-bond acceptors (Lipinski definition) is 1. The highest BCUT2D eigenvalue weighted by Gasteiger charge is 2.10. The number of fused-ring (bicyclic) bond motifs is 1. The van der Waals surface area contributed by atoms with Crippen LogP contribution in [0.1, 0.15) is 37.5 Å². The number of hydrogen-bond donors (Lipinski definition) is 2. The Bertz CT molecular complexity index is 544. The first-order valence-corrected chi connectivity index (χ1v) is 6.70. The molecule has 0 radical (unpaired) electrons. The van der Waals surface area contributed by atoms with Gasteiger partial charge in [-0.2, -0.15) is 0 Å². The summed E-state index contributed by atoms with van der Waals surface area (Å²) in [6.07, 6.45) is 3.22. The van der Waals surface area contributed by atoms with Crippen LogP contribution in [0, 0.1) is 13.8 Å². The van der Waals surface area contributed by atoms with Gasteiger partial charge in [-0.3, -0.25) is 0 Å². The first-order valence-electron chi connectivity index (χ1n) is 6.70. The van der Waals surface area contributed by atoms with Crippen molar-refractivity contribution in [3.63, 3.8) is 0 Å².